The molecule has 0 spiro atoms. The summed E-state index contributed by atoms with van der Waals surface area (Å²) in [6.07, 6.45) is 2.18. The number of thiazole rings is 1. The van der Waals surface area contributed by atoms with Gasteiger partial charge in [-0.3, -0.25) is 14.5 Å². The number of carbonyl (C=O) groups is 2. The Morgan fingerprint density at radius 1 is 1.07 bits per heavy atom. The molecule has 0 aliphatic carbocycles. The number of amides is 2. The summed E-state index contributed by atoms with van der Waals surface area (Å²) in [5, 5.41) is 5.38. The van der Waals surface area contributed by atoms with Gasteiger partial charge in [0.1, 0.15) is 0 Å². The van der Waals surface area contributed by atoms with Crippen molar-refractivity contribution in [2.45, 2.75) is 12.8 Å². The molecule has 2 aromatic carbocycles. The smallest absolute Gasteiger partial charge is 0.230 e. The van der Waals surface area contributed by atoms with E-state index in [4.69, 9.17) is 0 Å². The molecule has 0 aliphatic heterocycles. The van der Waals surface area contributed by atoms with Crippen LogP contribution in [-0.4, -0.2) is 29.9 Å². The van der Waals surface area contributed by atoms with Crippen LogP contribution in [0.2, 0.25) is 0 Å². The highest BCUT2D eigenvalue weighted by Crippen LogP contribution is 2.27. The minimum Gasteiger partial charge on any atom is -0.355 e. The minimum absolute atomic E-state index is 0.0973. The topological polar surface area (TPSA) is 62.3 Å². The maximum atomic E-state index is 12.7. The van der Waals surface area contributed by atoms with Crippen molar-refractivity contribution in [3.05, 3.63) is 84.3 Å². The third-order valence-electron chi connectivity index (χ3n) is 4.27. The Labute approximate surface area is 174 Å². The molecule has 0 unspecified atom stereocenters. The highest BCUT2D eigenvalue weighted by atomic mass is 32.1. The van der Waals surface area contributed by atoms with Crippen LogP contribution in [0.1, 0.15) is 12.0 Å². The van der Waals surface area contributed by atoms with E-state index in [1.807, 2.05) is 66.0 Å². The van der Waals surface area contributed by atoms with E-state index in [1.165, 1.54) is 11.3 Å². The average Bonchev–Trinajstić information content (AvgIpc) is 3.23. The zero-order valence-corrected chi connectivity index (χ0v) is 16.9. The van der Waals surface area contributed by atoms with Gasteiger partial charge in [0.15, 0.2) is 5.13 Å². The number of anilines is 1. The number of nitrogens with one attached hydrogen (secondary N) is 1. The van der Waals surface area contributed by atoms with E-state index in [-0.39, 0.29) is 24.8 Å². The van der Waals surface area contributed by atoms with Crippen molar-refractivity contribution in [2.24, 2.45) is 0 Å². The molecule has 0 aliphatic rings. The summed E-state index contributed by atoms with van der Waals surface area (Å²) in [7, 11) is 0. The Morgan fingerprint density at radius 3 is 2.45 bits per heavy atom. The number of carbonyl (C=O) groups excluding carboxylic acids is 2. The Bertz CT molecular complexity index is 955. The molecule has 0 bridgehead atoms. The first-order chi connectivity index (χ1) is 14.2. The van der Waals surface area contributed by atoms with Crippen LogP contribution in [0, 0.1) is 0 Å². The molecule has 3 rings (SSSR count). The Hall–Kier alpha value is -3.25. The lowest BCUT2D eigenvalue weighted by atomic mass is 10.1. The SMILES string of the molecule is C=CCN(C(=O)CCNC(=O)Cc1ccccc1)c1nc(-c2ccccc2)cs1. The third kappa shape index (κ3) is 5.86. The van der Waals surface area contributed by atoms with Gasteiger partial charge in [-0.2, -0.15) is 0 Å². The van der Waals surface area contributed by atoms with Gasteiger partial charge < -0.3 is 5.32 Å². The van der Waals surface area contributed by atoms with Gasteiger partial charge >= 0.3 is 0 Å². The van der Waals surface area contributed by atoms with E-state index in [1.54, 1.807) is 11.0 Å². The Balaban J connectivity index is 1.56. The predicted octanol–water partition coefficient (Wildman–Crippen LogP) is 4.08. The number of rotatable bonds is 9. The Morgan fingerprint density at radius 2 is 1.76 bits per heavy atom. The van der Waals surface area contributed by atoms with E-state index in [0.29, 0.717) is 18.1 Å². The highest BCUT2D eigenvalue weighted by molar-refractivity contribution is 7.14. The summed E-state index contributed by atoms with van der Waals surface area (Å²) in [6, 6.07) is 19.4. The summed E-state index contributed by atoms with van der Waals surface area (Å²) in [6.45, 7) is 4.40. The first-order valence-electron chi connectivity index (χ1n) is 9.40. The first-order valence-corrected chi connectivity index (χ1v) is 10.3. The second-order valence-electron chi connectivity index (χ2n) is 6.44. The molecule has 0 saturated heterocycles. The van der Waals surface area contributed by atoms with Crippen molar-refractivity contribution in [3.63, 3.8) is 0 Å². The summed E-state index contributed by atoms with van der Waals surface area (Å²) in [5.74, 6) is -0.196. The number of benzene rings is 2. The lowest BCUT2D eigenvalue weighted by Crippen LogP contribution is -2.35. The molecule has 2 amide bonds. The number of nitrogens with zero attached hydrogens (tertiary/aromatic N) is 2. The van der Waals surface area contributed by atoms with E-state index in [9.17, 15) is 9.59 Å². The fraction of sp³-hybridized carbons (Fsp3) is 0.174. The van der Waals surface area contributed by atoms with Crippen molar-refractivity contribution in [3.8, 4) is 11.3 Å². The van der Waals surface area contributed by atoms with Gasteiger partial charge in [0.05, 0.1) is 12.1 Å². The van der Waals surface area contributed by atoms with Gasteiger partial charge in [0.25, 0.3) is 0 Å². The van der Waals surface area contributed by atoms with Crippen molar-refractivity contribution >= 4 is 28.3 Å². The van der Waals surface area contributed by atoms with E-state index < -0.39 is 0 Å². The predicted molar refractivity (Wildman–Crippen MR) is 118 cm³/mol. The largest absolute Gasteiger partial charge is 0.355 e. The molecular weight excluding hydrogens is 382 g/mol. The summed E-state index contributed by atoms with van der Waals surface area (Å²) in [4.78, 5) is 31.0. The van der Waals surface area contributed by atoms with E-state index >= 15 is 0 Å². The zero-order valence-electron chi connectivity index (χ0n) is 16.1. The lowest BCUT2D eigenvalue weighted by molar-refractivity contribution is -0.121. The monoisotopic (exact) mass is 405 g/mol. The Kier molecular flexibility index (Phi) is 7.30. The molecule has 1 heterocycles. The molecular formula is C23H23N3O2S. The van der Waals surface area contributed by atoms with Crippen LogP contribution in [0.5, 0.6) is 0 Å². The summed E-state index contributed by atoms with van der Waals surface area (Å²) < 4.78 is 0. The molecule has 5 nitrogen and oxygen atoms in total. The molecule has 0 saturated carbocycles. The molecule has 6 heteroatoms. The molecule has 0 atom stereocenters. The molecule has 3 aromatic rings. The van der Waals surface area contributed by atoms with E-state index in [0.717, 1.165) is 16.8 Å². The van der Waals surface area contributed by atoms with Crippen LogP contribution in [0.15, 0.2) is 78.7 Å². The fourth-order valence-electron chi connectivity index (χ4n) is 2.83. The van der Waals surface area contributed by atoms with Crippen molar-refractivity contribution < 1.29 is 9.59 Å². The van der Waals surface area contributed by atoms with Crippen LogP contribution >= 0.6 is 11.3 Å². The second-order valence-corrected chi connectivity index (χ2v) is 7.27. The maximum Gasteiger partial charge on any atom is 0.230 e. The van der Waals surface area contributed by atoms with Gasteiger partial charge in [0.2, 0.25) is 11.8 Å². The molecule has 1 N–H and O–H groups in total. The van der Waals surface area contributed by atoms with Gasteiger partial charge in [-0.15, -0.1) is 17.9 Å². The van der Waals surface area contributed by atoms with Crippen LogP contribution in [0.4, 0.5) is 5.13 Å². The highest BCUT2D eigenvalue weighted by Gasteiger charge is 2.18. The van der Waals surface area contributed by atoms with Crippen molar-refractivity contribution in [1.29, 1.82) is 0 Å². The fourth-order valence-corrected chi connectivity index (χ4v) is 3.69. The van der Waals surface area contributed by atoms with Crippen LogP contribution in [0.25, 0.3) is 11.3 Å². The number of hydrogen-bond acceptors (Lipinski definition) is 4. The van der Waals surface area contributed by atoms with Crippen molar-refractivity contribution in [1.82, 2.24) is 10.3 Å². The minimum atomic E-state index is -0.0983. The quantitative estimate of drug-likeness (QED) is 0.546. The first kappa shape index (κ1) is 20.5. The summed E-state index contributed by atoms with van der Waals surface area (Å²) in [5.41, 5.74) is 2.79. The molecule has 0 fully saturated rings. The molecule has 0 radical (unpaired) electrons. The average molecular weight is 406 g/mol. The van der Waals surface area contributed by atoms with Crippen LogP contribution in [0.3, 0.4) is 0 Å². The summed E-state index contributed by atoms with van der Waals surface area (Å²) >= 11 is 1.42. The zero-order chi connectivity index (χ0) is 20.5. The molecule has 1 aromatic heterocycles. The molecule has 29 heavy (non-hydrogen) atoms. The van der Waals surface area contributed by atoms with Gasteiger partial charge in [-0.25, -0.2) is 4.98 Å². The lowest BCUT2D eigenvalue weighted by Gasteiger charge is -2.18. The standard InChI is InChI=1S/C23H23N3O2S/c1-2-15-26(23-25-20(17-29-23)19-11-7-4-8-12-19)22(28)13-14-24-21(27)16-18-9-5-3-6-10-18/h2-12,17H,1,13-16H2,(H,24,27). The molecule has 148 valence electrons. The van der Waals surface area contributed by atoms with Gasteiger partial charge in [-0.05, 0) is 5.56 Å². The van der Waals surface area contributed by atoms with Crippen LogP contribution in [-0.2, 0) is 16.0 Å². The van der Waals surface area contributed by atoms with Crippen molar-refractivity contribution in [2.75, 3.05) is 18.0 Å². The number of hydrogen-bond donors (Lipinski definition) is 1. The second kappa shape index (κ2) is 10.3. The van der Waals surface area contributed by atoms with Crippen LogP contribution < -0.4 is 10.2 Å². The maximum absolute atomic E-state index is 12.7. The third-order valence-corrected chi connectivity index (χ3v) is 5.14. The normalized spacial score (nSPS) is 10.3. The van der Waals surface area contributed by atoms with Gasteiger partial charge in [-0.1, -0.05) is 66.7 Å². The van der Waals surface area contributed by atoms with E-state index in [2.05, 4.69) is 16.9 Å². The van der Waals surface area contributed by atoms with Gasteiger partial charge in [0, 0.05) is 30.5 Å². The number of aromatic nitrogens is 1.